The molecule has 0 unspecified atom stereocenters. The van der Waals surface area contributed by atoms with Crippen molar-refractivity contribution in [3.05, 3.63) is 77.9 Å². The van der Waals surface area contributed by atoms with Crippen LogP contribution >= 0.6 is 0 Å². The molecule has 1 atom stereocenters. The van der Waals surface area contributed by atoms with Gasteiger partial charge in [-0.2, -0.15) is 0 Å². The highest BCUT2D eigenvalue weighted by Gasteiger charge is 2.35. The zero-order chi connectivity index (χ0) is 29.6. The zero-order valence-electron chi connectivity index (χ0n) is 23.3. The molecule has 3 aromatic carbocycles. The van der Waals surface area contributed by atoms with E-state index in [1.807, 2.05) is 12.1 Å². The smallest absolute Gasteiger partial charge is 0.338 e. The number of anilines is 1. The van der Waals surface area contributed by atoms with E-state index in [1.165, 1.54) is 39.9 Å². The molecule has 3 N–H and O–H groups in total. The molecule has 1 saturated carbocycles. The van der Waals surface area contributed by atoms with Crippen LogP contribution in [0, 0.1) is 0 Å². The third-order valence-electron chi connectivity index (χ3n) is 7.40. The summed E-state index contributed by atoms with van der Waals surface area (Å²) in [7, 11) is 0. The standard InChI is InChI=1S/C31H33N5O6/c1-2-42-31(41)20-12-15-23(16-13-20)36(28(39)19-35-25-11-7-6-10-24(25)33-34-35)29(21-14-17-26(37)27(38)18-21)30(40)32-22-8-4-3-5-9-22/h6-7,10-18,22,29,37-38H,2-5,8-9,19H2,1H3,(H,32,40)/t29-/m1/s1. The molecule has 0 spiro atoms. The number of hydrogen-bond acceptors (Lipinski definition) is 8. The summed E-state index contributed by atoms with van der Waals surface area (Å²) in [5.74, 6) is -2.19. The Bertz CT molecular complexity index is 1580. The average Bonchev–Trinajstić information content (AvgIpc) is 3.40. The monoisotopic (exact) mass is 571 g/mol. The number of benzene rings is 3. The van der Waals surface area contributed by atoms with Gasteiger partial charge >= 0.3 is 5.97 Å². The molecule has 2 amide bonds. The summed E-state index contributed by atoms with van der Waals surface area (Å²) in [6, 6.07) is 16.2. The molecule has 1 heterocycles. The van der Waals surface area contributed by atoms with Crippen molar-refractivity contribution in [1.82, 2.24) is 20.3 Å². The van der Waals surface area contributed by atoms with E-state index in [9.17, 15) is 24.6 Å². The van der Waals surface area contributed by atoms with Crippen molar-refractivity contribution in [3.8, 4) is 11.5 Å². The van der Waals surface area contributed by atoms with Crippen LogP contribution in [-0.4, -0.2) is 55.6 Å². The first-order valence-electron chi connectivity index (χ1n) is 14.1. The molecular weight excluding hydrogens is 538 g/mol. The minimum absolute atomic E-state index is 0.0538. The second-order valence-corrected chi connectivity index (χ2v) is 10.3. The summed E-state index contributed by atoms with van der Waals surface area (Å²) < 4.78 is 6.56. The molecule has 4 aromatic rings. The molecule has 0 saturated heterocycles. The van der Waals surface area contributed by atoms with E-state index in [1.54, 1.807) is 31.2 Å². The van der Waals surface area contributed by atoms with Gasteiger partial charge in [0.05, 0.1) is 17.7 Å². The highest BCUT2D eigenvalue weighted by atomic mass is 16.5. The Morgan fingerprint density at radius 2 is 1.74 bits per heavy atom. The lowest BCUT2D eigenvalue weighted by molar-refractivity contribution is -0.127. The van der Waals surface area contributed by atoms with Gasteiger partial charge in [0.1, 0.15) is 18.1 Å². The van der Waals surface area contributed by atoms with Crippen LogP contribution in [0.2, 0.25) is 0 Å². The molecule has 218 valence electrons. The number of phenolic OH excluding ortho intramolecular Hbond substituents is 2. The highest BCUT2D eigenvalue weighted by Crippen LogP contribution is 2.34. The predicted octanol–water partition coefficient (Wildman–Crippen LogP) is 4.24. The second-order valence-electron chi connectivity index (χ2n) is 10.3. The lowest BCUT2D eigenvalue weighted by atomic mass is 9.94. The number of nitrogens with zero attached hydrogens (tertiary/aromatic N) is 4. The molecule has 1 aromatic heterocycles. The summed E-state index contributed by atoms with van der Waals surface area (Å²) in [6.07, 6.45) is 4.74. The molecule has 0 radical (unpaired) electrons. The number of carbonyl (C=O) groups is 3. The van der Waals surface area contributed by atoms with Crippen LogP contribution in [0.5, 0.6) is 11.5 Å². The number of nitrogens with one attached hydrogen (secondary N) is 1. The summed E-state index contributed by atoms with van der Waals surface area (Å²) >= 11 is 0. The predicted molar refractivity (Wildman–Crippen MR) is 155 cm³/mol. The van der Waals surface area contributed by atoms with E-state index in [2.05, 4.69) is 15.6 Å². The Morgan fingerprint density at radius 1 is 1.00 bits per heavy atom. The van der Waals surface area contributed by atoms with Crippen LogP contribution < -0.4 is 10.2 Å². The number of para-hydroxylation sites is 1. The van der Waals surface area contributed by atoms with Crippen LogP contribution in [0.4, 0.5) is 5.69 Å². The molecule has 1 aliphatic rings. The van der Waals surface area contributed by atoms with Gasteiger partial charge in [-0.25, -0.2) is 9.48 Å². The van der Waals surface area contributed by atoms with Gasteiger partial charge in [-0.15, -0.1) is 5.10 Å². The molecule has 5 rings (SSSR count). The van der Waals surface area contributed by atoms with Gasteiger partial charge in [0, 0.05) is 11.7 Å². The Hall–Kier alpha value is -4.93. The topological polar surface area (TPSA) is 147 Å². The molecule has 1 fully saturated rings. The minimum atomic E-state index is -1.21. The normalized spacial score (nSPS) is 14.3. The Kier molecular flexibility index (Phi) is 8.66. The van der Waals surface area contributed by atoms with Crippen LogP contribution in [-0.2, 0) is 20.9 Å². The van der Waals surface area contributed by atoms with Crippen LogP contribution in [0.25, 0.3) is 11.0 Å². The van der Waals surface area contributed by atoms with Crippen LogP contribution in [0.15, 0.2) is 66.7 Å². The number of fused-ring (bicyclic) bond motifs is 1. The molecule has 1 aliphatic carbocycles. The number of carbonyl (C=O) groups excluding carboxylic acids is 3. The van der Waals surface area contributed by atoms with E-state index in [0.717, 1.165) is 32.1 Å². The fraction of sp³-hybridized carbons (Fsp3) is 0.323. The largest absolute Gasteiger partial charge is 0.504 e. The lowest BCUT2D eigenvalue weighted by Gasteiger charge is -2.33. The number of aromatic hydroxyl groups is 2. The first-order valence-corrected chi connectivity index (χ1v) is 14.1. The van der Waals surface area contributed by atoms with Crippen LogP contribution in [0.1, 0.15) is 61.0 Å². The maximum absolute atomic E-state index is 14.2. The summed E-state index contributed by atoms with van der Waals surface area (Å²) in [6.45, 7) is 1.69. The van der Waals surface area contributed by atoms with E-state index in [-0.39, 0.29) is 24.9 Å². The first-order chi connectivity index (χ1) is 20.4. The second kappa shape index (κ2) is 12.7. The number of aromatic nitrogens is 3. The molecule has 11 heteroatoms. The van der Waals surface area contributed by atoms with Crippen molar-refractivity contribution >= 4 is 34.5 Å². The van der Waals surface area contributed by atoms with Gasteiger partial charge < -0.3 is 20.3 Å². The molecule has 0 aliphatic heterocycles. The average molecular weight is 572 g/mol. The van der Waals surface area contributed by atoms with Crippen molar-refractivity contribution in [2.45, 2.75) is 57.7 Å². The summed E-state index contributed by atoms with van der Waals surface area (Å²) in [4.78, 5) is 41.9. The molecule has 0 bridgehead atoms. The Morgan fingerprint density at radius 3 is 2.45 bits per heavy atom. The van der Waals surface area contributed by atoms with E-state index in [4.69, 9.17) is 4.74 Å². The highest BCUT2D eigenvalue weighted by molar-refractivity contribution is 6.02. The quantitative estimate of drug-likeness (QED) is 0.200. The summed E-state index contributed by atoms with van der Waals surface area (Å²) in [5.41, 5.74) is 2.19. The minimum Gasteiger partial charge on any atom is -0.504 e. The maximum atomic E-state index is 14.2. The van der Waals surface area contributed by atoms with Crippen molar-refractivity contribution in [3.63, 3.8) is 0 Å². The molecule has 11 nitrogen and oxygen atoms in total. The maximum Gasteiger partial charge on any atom is 0.338 e. The van der Waals surface area contributed by atoms with Crippen LogP contribution in [0.3, 0.4) is 0 Å². The first kappa shape index (κ1) is 28.6. The number of amides is 2. The zero-order valence-corrected chi connectivity index (χ0v) is 23.3. The van der Waals surface area contributed by atoms with E-state index >= 15 is 0 Å². The van der Waals surface area contributed by atoms with Crippen molar-refractivity contribution in [2.75, 3.05) is 11.5 Å². The van der Waals surface area contributed by atoms with Crippen molar-refractivity contribution in [1.29, 1.82) is 0 Å². The number of esters is 1. The van der Waals surface area contributed by atoms with Crippen molar-refractivity contribution < 1.29 is 29.3 Å². The molecular formula is C31H33N5O6. The SMILES string of the molecule is CCOC(=O)c1ccc(N(C(=O)Cn2nnc3ccccc32)[C@@H](C(=O)NC2CCCCC2)c2ccc(O)c(O)c2)cc1. The summed E-state index contributed by atoms with van der Waals surface area (Å²) in [5, 5.41) is 31.7. The Labute approximate surface area is 242 Å². The van der Waals surface area contributed by atoms with Gasteiger partial charge in [0.2, 0.25) is 11.8 Å². The van der Waals surface area contributed by atoms with Gasteiger partial charge in [0.15, 0.2) is 11.5 Å². The number of phenols is 2. The van der Waals surface area contributed by atoms with Gasteiger partial charge in [-0.05, 0) is 73.9 Å². The third kappa shape index (κ3) is 6.19. The number of rotatable bonds is 9. The van der Waals surface area contributed by atoms with Gasteiger partial charge in [-0.1, -0.05) is 42.7 Å². The van der Waals surface area contributed by atoms with Crippen molar-refractivity contribution in [2.24, 2.45) is 0 Å². The fourth-order valence-corrected chi connectivity index (χ4v) is 5.30. The molecule has 42 heavy (non-hydrogen) atoms. The number of ether oxygens (including phenoxy) is 1. The van der Waals surface area contributed by atoms with E-state index in [0.29, 0.717) is 27.8 Å². The van der Waals surface area contributed by atoms with Gasteiger partial charge in [-0.3, -0.25) is 14.5 Å². The Balaban J connectivity index is 1.58. The number of hydrogen-bond donors (Lipinski definition) is 3. The third-order valence-corrected chi connectivity index (χ3v) is 7.40. The van der Waals surface area contributed by atoms with E-state index < -0.39 is 29.6 Å². The fourth-order valence-electron chi connectivity index (χ4n) is 5.30. The lowest BCUT2D eigenvalue weighted by Crippen LogP contribution is -2.48. The van der Waals surface area contributed by atoms with Gasteiger partial charge in [0.25, 0.3) is 0 Å².